The number of primary amides is 1. The van der Waals surface area contributed by atoms with Crippen LogP contribution in [0.25, 0.3) is 5.65 Å². The summed E-state index contributed by atoms with van der Waals surface area (Å²) in [5.41, 5.74) is 4.91. The van der Waals surface area contributed by atoms with Crippen molar-refractivity contribution in [3.05, 3.63) is 29.7 Å². The predicted molar refractivity (Wildman–Crippen MR) is 46.5 cm³/mol. The maximum atomic E-state index is 12.4. The molecule has 1 amide bonds. The van der Waals surface area contributed by atoms with Crippen molar-refractivity contribution in [2.75, 3.05) is 0 Å². The van der Waals surface area contributed by atoms with Crippen molar-refractivity contribution in [3.8, 4) is 0 Å². The van der Waals surface area contributed by atoms with E-state index < -0.39 is 17.9 Å². The summed E-state index contributed by atoms with van der Waals surface area (Å²) in [6.07, 6.45) is -3.67. The first-order valence-corrected chi connectivity index (χ1v) is 4.11. The molecule has 0 radical (unpaired) electrons. The van der Waals surface area contributed by atoms with Crippen LogP contribution < -0.4 is 5.73 Å². The molecule has 8 heteroatoms. The van der Waals surface area contributed by atoms with Crippen LogP contribution in [0.2, 0.25) is 0 Å². The van der Waals surface area contributed by atoms with E-state index in [1.165, 1.54) is 12.1 Å². The molecule has 0 saturated carbocycles. The summed E-state index contributed by atoms with van der Waals surface area (Å²) in [7, 11) is 0. The Morgan fingerprint density at radius 3 is 2.56 bits per heavy atom. The zero-order valence-corrected chi connectivity index (χ0v) is 7.69. The van der Waals surface area contributed by atoms with E-state index in [1.807, 2.05) is 0 Å². The lowest BCUT2D eigenvalue weighted by molar-refractivity contribution is -0.145. The van der Waals surface area contributed by atoms with E-state index in [0.29, 0.717) is 4.40 Å². The lowest BCUT2D eigenvalue weighted by atomic mass is 10.3. The van der Waals surface area contributed by atoms with Gasteiger partial charge in [0.2, 0.25) is 11.7 Å². The molecule has 0 unspecified atom stereocenters. The Hall–Kier alpha value is -2.12. The van der Waals surface area contributed by atoms with Crippen LogP contribution >= 0.6 is 0 Å². The highest BCUT2D eigenvalue weighted by Crippen LogP contribution is 2.27. The molecule has 2 rings (SSSR count). The molecule has 0 aliphatic rings. The van der Waals surface area contributed by atoms with Gasteiger partial charge in [-0.2, -0.15) is 13.2 Å². The van der Waals surface area contributed by atoms with Crippen molar-refractivity contribution in [1.29, 1.82) is 0 Å². The molecule has 2 aromatic heterocycles. The van der Waals surface area contributed by atoms with Crippen LogP contribution in [0.15, 0.2) is 18.3 Å². The first-order chi connectivity index (χ1) is 7.39. The zero-order chi connectivity index (χ0) is 11.9. The molecule has 0 atom stereocenters. The molecule has 0 aliphatic heterocycles. The number of hydrogen-bond donors (Lipinski definition) is 1. The van der Waals surface area contributed by atoms with Gasteiger partial charge in [-0.25, -0.2) is 0 Å². The molecule has 0 aromatic carbocycles. The van der Waals surface area contributed by atoms with Crippen LogP contribution in [-0.4, -0.2) is 20.5 Å². The van der Waals surface area contributed by atoms with Crippen LogP contribution in [0.3, 0.4) is 0 Å². The highest BCUT2D eigenvalue weighted by molar-refractivity contribution is 5.92. The van der Waals surface area contributed by atoms with Gasteiger partial charge in [0, 0.05) is 6.20 Å². The summed E-state index contributed by atoms with van der Waals surface area (Å²) in [6.45, 7) is 0. The van der Waals surface area contributed by atoms with E-state index >= 15 is 0 Å². The number of carbonyl (C=O) groups excluding carboxylic acids is 1. The predicted octanol–water partition coefficient (Wildman–Crippen LogP) is 0.847. The Morgan fingerprint density at radius 1 is 1.31 bits per heavy atom. The smallest absolute Gasteiger partial charge is 0.366 e. The lowest BCUT2D eigenvalue weighted by Crippen LogP contribution is -2.14. The third kappa shape index (κ3) is 1.58. The van der Waals surface area contributed by atoms with Crippen LogP contribution in [0.5, 0.6) is 0 Å². The number of nitrogens with two attached hydrogens (primary N) is 1. The number of nitrogens with zero attached hydrogens (tertiary/aromatic N) is 3. The quantitative estimate of drug-likeness (QED) is 0.789. The van der Waals surface area contributed by atoms with Crippen LogP contribution in [-0.2, 0) is 6.18 Å². The van der Waals surface area contributed by atoms with Crippen molar-refractivity contribution in [2.45, 2.75) is 6.18 Å². The molecule has 2 aromatic rings. The minimum absolute atomic E-state index is 0.00248. The van der Waals surface area contributed by atoms with Gasteiger partial charge in [-0.15, -0.1) is 10.2 Å². The topological polar surface area (TPSA) is 73.3 Å². The van der Waals surface area contributed by atoms with E-state index in [-0.39, 0.29) is 11.2 Å². The second-order valence-electron chi connectivity index (χ2n) is 3.03. The first kappa shape index (κ1) is 10.4. The van der Waals surface area contributed by atoms with Crippen molar-refractivity contribution in [2.24, 2.45) is 5.73 Å². The van der Waals surface area contributed by atoms with Crippen molar-refractivity contribution in [3.63, 3.8) is 0 Å². The third-order valence-corrected chi connectivity index (χ3v) is 1.94. The number of rotatable bonds is 1. The van der Waals surface area contributed by atoms with Gasteiger partial charge in [-0.05, 0) is 12.1 Å². The SMILES string of the molecule is NC(=O)c1ccc2nnc(C(F)(F)F)n2c1. The second-order valence-corrected chi connectivity index (χ2v) is 3.03. The summed E-state index contributed by atoms with van der Waals surface area (Å²) < 4.78 is 38.0. The summed E-state index contributed by atoms with van der Waals surface area (Å²) in [5, 5.41) is 6.33. The number of halogens is 3. The summed E-state index contributed by atoms with van der Waals surface area (Å²) in [5.74, 6) is -2.01. The molecule has 84 valence electrons. The van der Waals surface area contributed by atoms with Crippen LogP contribution in [0.1, 0.15) is 16.2 Å². The molecule has 0 saturated heterocycles. The van der Waals surface area contributed by atoms with Gasteiger partial charge in [0.05, 0.1) is 5.56 Å². The van der Waals surface area contributed by atoms with E-state index in [9.17, 15) is 18.0 Å². The molecule has 2 N–H and O–H groups in total. The Labute approximate surface area is 86.7 Å². The first-order valence-electron chi connectivity index (χ1n) is 4.11. The molecular formula is C8H5F3N4O. The van der Waals surface area contributed by atoms with Gasteiger partial charge in [-0.3, -0.25) is 9.20 Å². The normalized spacial score (nSPS) is 11.9. The second kappa shape index (κ2) is 3.19. The van der Waals surface area contributed by atoms with Gasteiger partial charge in [-0.1, -0.05) is 0 Å². The summed E-state index contributed by atoms with van der Waals surface area (Å²) in [4.78, 5) is 10.8. The highest BCUT2D eigenvalue weighted by Gasteiger charge is 2.36. The molecule has 2 heterocycles. The minimum atomic E-state index is -4.63. The fourth-order valence-corrected chi connectivity index (χ4v) is 1.23. The van der Waals surface area contributed by atoms with E-state index in [4.69, 9.17) is 5.73 Å². The van der Waals surface area contributed by atoms with E-state index in [2.05, 4.69) is 10.2 Å². The average Bonchev–Trinajstić information content (AvgIpc) is 2.58. The molecule has 0 spiro atoms. The van der Waals surface area contributed by atoms with E-state index in [0.717, 1.165) is 6.20 Å². The van der Waals surface area contributed by atoms with Gasteiger partial charge >= 0.3 is 6.18 Å². The summed E-state index contributed by atoms with van der Waals surface area (Å²) in [6, 6.07) is 2.52. The Bertz CT molecular complexity index is 560. The molecule has 0 aliphatic carbocycles. The van der Waals surface area contributed by atoms with Crippen LogP contribution in [0, 0.1) is 0 Å². The molecule has 0 bridgehead atoms. The number of carbonyl (C=O) groups is 1. The molecule has 16 heavy (non-hydrogen) atoms. The largest absolute Gasteiger partial charge is 0.452 e. The fourth-order valence-electron chi connectivity index (χ4n) is 1.23. The van der Waals surface area contributed by atoms with Gasteiger partial charge in [0.15, 0.2) is 5.65 Å². The lowest BCUT2D eigenvalue weighted by Gasteiger charge is -2.04. The molecular weight excluding hydrogens is 225 g/mol. The third-order valence-electron chi connectivity index (χ3n) is 1.94. The molecule has 0 fully saturated rings. The maximum absolute atomic E-state index is 12.4. The Balaban J connectivity index is 2.70. The van der Waals surface area contributed by atoms with Crippen molar-refractivity contribution < 1.29 is 18.0 Å². The minimum Gasteiger partial charge on any atom is -0.366 e. The van der Waals surface area contributed by atoms with Crippen molar-refractivity contribution in [1.82, 2.24) is 14.6 Å². The average molecular weight is 230 g/mol. The summed E-state index contributed by atoms with van der Waals surface area (Å²) >= 11 is 0. The Morgan fingerprint density at radius 2 is 2.00 bits per heavy atom. The zero-order valence-electron chi connectivity index (χ0n) is 7.69. The number of pyridine rings is 1. The Kier molecular flexibility index (Phi) is 2.07. The number of aromatic nitrogens is 3. The standard InChI is InChI=1S/C8H5F3N4O/c9-8(10,11)7-14-13-5-2-1-4(6(12)16)3-15(5)7/h1-3H,(H2,12,16). The van der Waals surface area contributed by atoms with Gasteiger partial charge in [0.25, 0.3) is 0 Å². The van der Waals surface area contributed by atoms with Gasteiger partial charge < -0.3 is 5.73 Å². The van der Waals surface area contributed by atoms with Crippen LogP contribution in [0.4, 0.5) is 13.2 Å². The monoisotopic (exact) mass is 230 g/mol. The number of hydrogen-bond acceptors (Lipinski definition) is 3. The van der Waals surface area contributed by atoms with E-state index in [1.54, 1.807) is 0 Å². The number of alkyl halides is 3. The maximum Gasteiger partial charge on any atom is 0.452 e. The van der Waals surface area contributed by atoms with Gasteiger partial charge in [0.1, 0.15) is 0 Å². The number of amides is 1. The number of fused-ring (bicyclic) bond motifs is 1. The fraction of sp³-hybridized carbons (Fsp3) is 0.125. The molecule has 5 nitrogen and oxygen atoms in total. The highest BCUT2D eigenvalue weighted by atomic mass is 19.4. The van der Waals surface area contributed by atoms with Crippen molar-refractivity contribution >= 4 is 11.6 Å².